The molecule has 0 unspecified atom stereocenters. The summed E-state index contributed by atoms with van der Waals surface area (Å²) in [5.74, 6) is 0. The fourth-order valence-electron chi connectivity index (χ4n) is 2.38. The van der Waals surface area contributed by atoms with E-state index in [0.717, 1.165) is 0 Å². The first-order valence-corrected chi connectivity index (χ1v) is 7.37. The maximum absolute atomic E-state index is 9.38. The van der Waals surface area contributed by atoms with Gasteiger partial charge in [-0.25, -0.2) is 0 Å². The van der Waals surface area contributed by atoms with E-state index in [1.807, 2.05) is 27.7 Å². The molecule has 0 amide bonds. The zero-order valence-corrected chi connectivity index (χ0v) is 13.7. The van der Waals surface area contributed by atoms with Gasteiger partial charge >= 0.3 is 0 Å². The molecule has 2 aliphatic rings. The minimum atomic E-state index is -0.487. The van der Waals surface area contributed by atoms with E-state index in [1.165, 1.54) is 0 Å². The van der Waals surface area contributed by atoms with Crippen molar-refractivity contribution in [3.63, 3.8) is 0 Å². The first-order valence-electron chi connectivity index (χ1n) is 7.37. The largest absolute Gasteiger partial charge is 0.396 e. The second-order valence-corrected chi connectivity index (χ2v) is 7.36. The molecule has 0 radical (unpaired) electrons. The van der Waals surface area contributed by atoms with E-state index in [1.54, 1.807) is 7.11 Å². The molecule has 6 nitrogen and oxygen atoms in total. The van der Waals surface area contributed by atoms with Crippen LogP contribution in [0.1, 0.15) is 27.7 Å². The first-order chi connectivity index (χ1) is 9.75. The lowest BCUT2D eigenvalue weighted by Crippen LogP contribution is -2.57. The van der Waals surface area contributed by atoms with Gasteiger partial charge in [0.15, 0.2) is 12.6 Å². The average Bonchev–Trinajstić information content (AvgIpc) is 2.48. The van der Waals surface area contributed by atoms with Gasteiger partial charge in [-0.1, -0.05) is 13.8 Å². The molecule has 21 heavy (non-hydrogen) atoms. The molecule has 6 heteroatoms. The molecular formula is C15H28O6. The van der Waals surface area contributed by atoms with Crippen molar-refractivity contribution in [2.75, 3.05) is 40.1 Å². The van der Waals surface area contributed by atoms with Crippen LogP contribution in [0, 0.1) is 10.8 Å². The van der Waals surface area contributed by atoms with Crippen LogP contribution in [0.5, 0.6) is 0 Å². The van der Waals surface area contributed by atoms with Crippen molar-refractivity contribution < 1.29 is 28.8 Å². The van der Waals surface area contributed by atoms with Gasteiger partial charge in [0.1, 0.15) is 5.60 Å². The SMILES string of the molecule is COC(C)(C)C1OCC2(COC(C(C)(C)CO)OC2)CO1. The predicted octanol–water partition coefficient (Wildman–Crippen LogP) is 1.16. The van der Waals surface area contributed by atoms with Crippen LogP contribution in [0.2, 0.25) is 0 Å². The first kappa shape index (κ1) is 17.1. The number of aliphatic hydroxyl groups is 1. The molecule has 0 aromatic heterocycles. The highest BCUT2D eigenvalue weighted by atomic mass is 16.7. The Kier molecular flexibility index (Phi) is 4.97. The molecule has 0 bridgehead atoms. The van der Waals surface area contributed by atoms with E-state index in [-0.39, 0.29) is 18.3 Å². The zero-order chi connectivity index (χ0) is 15.7. The Morgan fingerprint density at radius 3 is 1.76 bits per heavy atom. The van der Waals surface area contributed by atoms with Crippen molar-refractivity contribution in [2.45, 2.75) is 45.9 Å². The summed E-state index contributed by atoms with van der Waals surface area (Å²) in [7, 11) is 1.64. The third kappa shape index (κ3) is 3.57. The third-order valence-electron chi connectivity index (χ3n) is 4.30. The molecule has 0 atom stereocenters. The quantitative estimate of drug-likeness (QED) is 0.841. The van der Waals surface area contributed by atoms with E-state index >= 15 is 0 Å². The minimum Gasteiger partial charge on any atom is -0.396 e. The monoisotopic (exact) mass is 304 g/mol. The van der Waals surface area contributed by atoms with Gasteiger partial charge in [-0.2, -0.15) is 0 Å². The Morgan fingerprint density at radius 1 is 0.952 bits per heavy atom. The van der Waals surface area contributed by atoms with E-state index in [0.29, 0.717) is 26.4 Å². The molecular weight excluding hydrogens is 276 g/mol. The molecule has 2 aliphatic heterocycles. The second kappa shape index (κ2) is 6.10. The van der Waals surface area contributed by atoms with Crippen LogP contribution in [0.25, 0.3) is 0 Å². The maximum atomic E-state index is 9.38. The lowest BCUT2D eigenvalue weighted by Gasteiger charge is -2.48. The van der Waals surface area contributed by atoms with Crippen molar-refractivity contribution in [3.8, 4) is 0 Å². The van der Waals surface area contributed by atoms with Gasteiger partial charge in [0.2, 0.25) is 0 Å². The molecule has 0 saturated carbocycles. The average molecular weight is 304 g/mol. The normalized spacial score (nSPS) is 35.1. The number of hydrogen-bond donors (Lipinski definition) is 1. The molecule has 2 heterocycles. The Labute approximate surface area is 126 Å². The Balaban J connectivity index is 1.89. The Bertz CT molecular complexity index is 301. The van der Waals surface area contributed by atoms with Crippen LogP contribution < -0.4 is 0 Å². The van der Waals surface area contributed by atoms with Crippen LogP contribution in [-0.2, 0) is 23.7 Å². The molecule has 0 aliphatic carbocycles. The molecule has 1 spiro atoms. The summed E-state index contributed by atoms with van der Waals surface area (Å²) in [6.45, 7) is 9.74. The molecule has 0 aromatic carbocycles. The number of aliphatic hydroxyl groups excluding tert-OH is 1. The van der Waals surface area contributed by atoms with Crippen LogP contribution in [0.3, 0.4) is 0 Å². The zero-order valence-electron chi connectivity index (χ0n) is 13.7. The van der Waals surface area contributed by atoms with Crippen LogP contribution in [0.15, 0.2) is 0 Å². The number of hydrogen-bond acceptors (Lipinski definition) is 6. The van der Waals surface area contributed by atoms with Crippen LogP contribution in [0.4, 0.5) is 0 Å². The van der Waals surface area contributed by atoms with Gasteiger partial charge < -0.3 is 28.8 Å². The summed E-state index contributed by atoms with van der Waals surface area (Å²) >= 11 is 0. The molecule has 2 fully saturated rings. The third-order valence-corrected chi connectivity index (χ3v) is 4.30. The van der Waals surface area contributed by atoms with E-state index in [4.69, 9.17) is 23.7 Å². The summed E-state index contributed by atoms with van der Waals surface area (Å²) < 4.78 is 28.6. The topological polar surface area (TPSA) is 66.4 Å². The maximum Gasteiger partial charge on any atom is 0.186 e. The number of methoxy groups -OCH3 is 1. The Hall–Kier alpha value is -0.240. The van der Waals surface area contributed by atoms with E-state index < -0.39 is 17.3 Å². The Morgan fingerprint density at radius 2 is 1.38 bits per heavy atom. The summed E-state index contributed by atoms with van der Waals surface area (Å²) in [5.41, 5.74) is -1.18. The summed E-state index contributed by atoms with van der Waals surface area (Å²) in [6, 6.07) is 0. The van der Waals surface area contributed by atoms with Gasteiger partial charge in [-0.3, -0.25) is 0 Å². The fraction of sp³-hybridized carbons (Fsp3) is 1.00. The molecule has 2 saturated heterocycles. The van der Waals surface area contributed by atoms with Crippen molar-refractivity contribution in [3.05, 3.63) is 0 Å². The van der Waals surface area contributed by atoms with E-state index in [2.05, 4.69) is 0 Å². The molecule has 1 N–H and O–H groups in total. The molecule has 0 aromatic rings. The number of rotatable bonds is 4. The number of ether oxygens (including phenoxy) is 5. The minimum absolute atomic E-state index is 0.0156. The predicted molar refractivity (Wildman–Crippen MR) is 75.8 cm³/mol. The highest BCUT2D eigenvalue weighted by molar-refractivity contribution is 4.89. The van der Waals surface area contributed by atoms with Crippen molar-refractivity contribution in [2.24, 2.45) is 10.8 Å². The molecule has 124 valence electrons. The summed E-state index contributed by atoms with van der Waals surface area (Å²) in [6.07, 6.45) is -0.791. The smallest absolute Gasteiger partial charge is 0.186 e. The summed E-state index contributed by atoms with van der Waals surface area (Å²) in [4.78, 5) is 0. The lowest BCUT2D eigenvalue weighted by molar-refractivity contribution is -0.342. The van der Waals surface area contributed by atoms with Gasteiger partial charge in [0.05, 0.1) is 38.4 Å². The summed E-state index contributed by atoms with van der Waals surface area (Å²) in [5, 5.41) is 9.38. The highest BCUT2D eigenvalue weighted by Crippen LogP contribution is 2.36. The lowest BCUT2D eigenvalue weighted by atomic mass is 9.87. The van der Waals surface area contributed by atoms with Gasteiger partial charge in [-0.05, 0) is 13.8 Å². The van der Waals surface area contributed by atoms with Crippen molar-refractivity contribution >= 4 is 0 Å². The van der Waals surface area contributed by atoms with Gasteiger partial charge in [-0.15, -0.1) is 0 Å². The fourth-order valence-corrected chi connectivity index (χ4v) is 2.38. The second-order valence-electron chi connectivity index (χ2n) is 7.36. The van der Waals surface area contributed by atoms with Crippen LogP contribution in [-0.4, -0.2) is 63.4 Å². The van der Waals surface area contributed by atoms with Crippen molar-refractivity contribution in [1.82, 2.24) is 0 Å². The highest BCUT2D eigenvalue weighted by Gasteiger charge is 2.47. The van der Waals surface area contributed by atoms with Gasteiger partial charge in [0.25, 0.3) is 0 Å². The molecule has 2 rings (SSSR count). The van der Waals surface area contributed by atoms with Crippen molar-refractivity contribution in [1.29, 1.82) is 0 Å². The van der Waals surface area contributed by atoms with E-state index in [9.17, 15) is 5.11 Å². The standard InChI is InChI=1S/C15H28O6/c1-13(2,6-16)11-18-7-15(8-19-11)9-20-12(21-10-15)14(3,4)17-5/h11-12,16H,6-10H2,1-5H3. The van der Waals surface area contributed by atoms with Crippen LogP contribution >= 0.6 is 0 Å². The van der Waals surface area contributed by atoms with Gasteiger partial charge in [0, 0.05) is 12.5 Å².